The highest BCUT2D eigenvalue weighted by molar-refractivity contribution is 4.91. The van der Waals surface area contributed by atoms with Gasteiger partial charge in [-0.15, -0.1) is 0 Å². The Labute approximate surface area is 114 Å². The van der Waals surface area contributed by atoms with Crippen LogP contribution in [0.15, 0.2) is 0 Å². The SMILES string of the molecule is CCC1(C)CC(NC(C)(C)CC(C)(C)C)CCO1. The third kappa shape index (κ3) is 5.27. The molecule has 1 rings (SSSR count). The van der Waals surface area contributed by atoms with Gasteiger partial charge in [0.25, 0.3) is 0 Å². The van der Waals surface area contributed by atoms with E-state index in [4.69, 9.17) is 4.74 Å². The smallest absolute Gasteiger partial charge is 0.0666 e. The maximum absolute atomic E-state index is 5.92. The van der Waals surface area contributed by atoms with E-state index >= 15 is 0 Å². The molecule has 0 spiro atoms. The average molecular weight is 255 g/mol. The minimum atomic E-state index is 0.0771. The Hall–Kier alpha value is -0.0800. The Bertz CT molecular complexity index is 267. The van der Waals surface area contributed by atoms with Crippen LogP contribution >= 0.6 is 0 Å². The number of ether oxygens (including phenoxy) is 1. The molecule has 1 N–H and O–H groups in total. The van der Waals surface area contributed by atoms with Gasteiger partial charge < -0.3 is 10.1 Å². The molecule has 1 aliphatic rings. The van der Waals surface area contributed by atoms with Crippen LogP contribution in [-0.2, 0) is 4.74 Å². The summed E-state index contributed by atoms with van der Waals surface area (Å²) in [5.41, 5.74) is 0.651. The zero-order chi connectivity index (χ0) is 14.0. The molecule has 0 aromatic carbocycles. The van der Waals surface area contributed by atoms with E-state index in [0.29, 0.717) is 11.5 Å². The molecule has 1 saturated heterocycles. The van der Waals surface area contributed by atoms with Crippen LogP contribution in [0.2, 0.25) is 0 Å². The summed E-state index contributed by atoms with van der Waals surface area (Å²) in [6.45, 7) is 17.0. The molecule has 108 valence electrons. The van der Waals surface area contributed by atoms with Crippen molar-refractivity contribution in [1.82, 2.24) is 5.32 Å². The standard InChI is InChI=1S/C16H33NO/c1-8-16(7)11-13(9-10-18-16)17-15(5,6)12-14(2,3)4/h13,17H,8-12H2,1-7H3. The van der Waals surface area contributed by atoms with Gasteiger partial charge in [0, 0.05) is 18.2 Å². The highest BCUT2D eigenvalue weighted by atomic mass is 16.5. The Kier molecular flexibility index (Phi) is 4.88. The van der Waals surface area contributed by atoms with Crippen molar-refractivity contribution in [3.8, 4) is 0 Å². The number of hydrogen-bond acceptors (Lipinski definition) is 2. The van der Waals surface area contributed by atoms with Crippen LogP contribution in [0, 0.1) is 5.41 Å². The fraction of sp³-hybridized carbons (Fsp3) is 1.00. The van der Waals surface area contributed by atoms with Crippen LogP contribution in [0.4, 0.5) is 0 Å². The Balaban J connectivity index is 2.56. The van der Waals surface area contributed by atoms with E-state index in [1.807, 2.05) is 0 Å². The van der Waals surface area contributed by atoms with Crippen LogP contribution < -0.4 is 5.32 Å². The maximum Gasteiger partial charge on any atom is 0.0666 e. The van der Waals surface area contributed by atoms with Crippen molar-refractivity contribution in [3.05, 3.63) is 0 Å². The topological polar surface area (TPSA) is 21.3 Å². The zero-order valence-corrected chi connectivity index (χ0v) is 13.5. The summed E-state index contributed by atoms with van der Waals surface area (Å²) >= 11 is 0. The Morgan fingerprint density at radius 2 is 1.83 bits per heavy atom. The summed E-state index contributed by atoms with van der Waals surface area (Å²) < 4.78 is 5.92. The monoisotopic (exact) mass is 255 g/mol. The summed E-state index contributed by atoms with van der Waals surface area (Å²) in [5, 5.41) is 3.86. The predicted molar refractivity (Wildman–Crippen MR) is 79.0 cm³/mol. The summed E-state index contributed by atoms with van der Waals surface area (Å²) in [6.07, 6.45) is 4.57. The van der Waals surface area contributed by atoms with Gasteiger partial charge in [0.1, 0.15) is 0 Å². The van der Waals surface area contributed by atoms with Gasteiger partial charge in [0.15, 0.2) is 0 Å². The van der Waals surface area contributed by atoms with Crippen LogP contribution in [-0.4, -0.2) is 23.8 Å². The molecule has 2 nitrogen and oxygen atoms in total. The van der Waals surface area contributed by atoms with E-state index in [2.05, 4.69) is 53.8 Å². The van der Waals surface area contributed by atoms with Crippen LogP contribution in [0.1, 0.15) is 74.1 Å². The largest absolute Gasteiger partial charge is 0.375 e. The van der Waals surface area contributed by atoms with Gasteiger partial charge in [0.2, 0.25) is 0 Å². The Morgan fingerprint density at radius 3 is 2.33 bits per heavy atom. The predicted octanol–water partition coefficient (Wildman–Crippen LogP) is 4.14. The van der Waals surface area contributed by atoms with Crippen molar-refractivity contribution in [2.45, 2.75) is 91.3 Å². The van der Waals surface area contributed by atoms with Crippen molar-refractivity contribution in [2.24, 2.45) is 5.41 Å². The minimum Gasteiger partial charge on any atom is -0.375 e. The fourth-order valence-corrected chi connectivity index (χ4v) is 3.43. The number of rotatable bonds is 4. The van der Waals surface area contributed by atoms with Crippen molar-refractivity contribution >= 4 is 0 Å². The maximum atomic E-state index is 5.92. The van der Waals surface area contributed by atoms with Gasteiger partial charge in [-0.1, -0.05) is 27.7 Å². The van der Waals surface area contributed by atoms with Crippen molar-refractivity contribution < 1.29 is 4.74 Å². The Morgan fingerprint density at radius 1 is 1.22 bits per heavy atom. The van der Waals surface area contributed by atoms with E-state index in [-0.39, 0.29) is 11.1 Å². The van der Waals surface area contributed by atoms with Gasteiger partial charge in [-0.05, 0) is 51.9 Å². The van der Waals surface area contributed by atoms with Gasteiger partial charge in [-0.2, -0.15) is 0 Å². The second-order valence-electron chi connectivity index (χ2n) is 8.11. The number of hydrogen-bond donors (Lipinski definition) is 1. The highest BCUT2D eigenvalue weighted by Crippen LogP contribution is 2.31. The van der Waals surface area contributed by atoms with Gasteiger partial charge >= 0.3 is 0 Å². The lowest BCUT2D eigenvalue weighted by Crippen LogP contribution is -2.53. The minimum absolute atomic E-state index is 0.0771. The first-order valence-corrected chi connectivity index (χ1v) is 7.47. The van der Waals surface area contributed by atoms with E-state index in [9.17, 15) is 0 Å². The third-order valence-electron chi connectivity index (χ3n) is 3.91. The summed E-state index contributed by atoms with van der Waals surface area (Å²) in [4.78, 5) is 0. The first-order chi connectivity index (χ1) is 8.05. The first kappa shape index (κ1) is 16.0. The molecule has 0 aromatic rings. The summed E-state index contributed by atoms with van der Waals surface area (Å²) in [5.74, 6) is 0. The van der Waals surface area contributed by atoms with E-state index in [1.165, 1.54) is 6.42 Å². The molecular formula is C16H33NO. The van der Waals surface area contributed by atoms with Crippen LogP contribution in [0.5, 0.6) is 0 Å². The van der Waals surface area contributed by atoms with Gasteiger partial charge in [-0.25, -0.2) is 0 Å². The van der Waals surface area contributed by atoms with Gasteiger partial charge in [-0.3, -0.25) is 0 Å². The van der Waals surface area contributed by atoms with E-state index in [0.717, 1.165) is 25.9 Å². The first-order valence-electron chi connectivity index (χ1n) is 7.47. The fourth-order valence-electron chi connectivity index (χ4n) is 3.43. The summed E-state index contributed by atoms with van der Waals surface area (Å²) in [7, 11) is 0. The molecule has 2 unspecified atom stereocenters. The molecule has 0 aromatic heterocycles. The molecule has 18 heavy (non-hydrogen) atoms. The molecule has 1 heterocycles. The normalized spacial score (nSPS) is 30.5. The lowest BCUT2D eigenvalue weighted by atomic mass is 9.80. The zero-order valence-electron chi connectivity index (χ0n) is 13.5. The molecule has 1 fully saturated rings. The molecule has 0 aliphatic carbocycles. The molecular weight excluding hydrogens is 222 g/mol. The van der Waals surface area contributed by atoms with E-state index < -0.39 is 0 Å². The summed E-state index contributed by atoms with van der Waals surface area (Å²) in [6, 6.07) is 0.598. The second kappa shape index (κ2) is 5.50. The van der Waals surface area contributed by atoms with Crippen LogP contribution in [0.3, 0.4) is 0 Å². The molecule has 0 bridgehead atoms. The molecule has 1 aliphatic heterocycles. The quantitative estimate of drug-likeness (QED) is 0.815. The van der Waals surface area contributed by atoms with E-state index in [1.54, 1.807) is 0 Å². The molecule has 2 heteroatoms. The van der Waals surface area contributed by atoms with Crippen molar-refractivity contribution in [2.75, 3.05) is 6.61 Å². The molecule has 0 saturated carbocycles. The van der Waals surface area contributed by atoms with Gasteiger partial charge in [0.05, 0.1) is 5.60 Å². The number of nitrogens with one attached hydrogen (secondary N) is 1. The van der Waals surface area contributed by atoms with Crippen LogP contribution in [0.25, 0.3) is 0 Å². The lowest BCUT2D eigenvalue weighted by molar-refractivity contribution is -0.0813. The third-order valence-corrected chi connectivity index (χ3v) is 3.91. The van der Waals surface area contributed by atoms with Crippen molar-refractivity contribution in [3.63, 3.8) is 0 Å². The lowest BCUT2D eigenvalue weighted by Gasteiger charge is -2.43. The average Bonchev–Trinajstić information content (AvgIpc) is 2.12. The second-order valence-corrected chi connectivity index (χ2v) is 8.11. The van der Waals surface area contributed by atoms with Crippen molar-refractivity contribution in [1.29, 1.82) is 0 Å². The molecule has 0 radical (unpaired) electrons. The highest BCUT2D eigenvalue weighted by Gasteiger charge is 2.35. The molecule has 0 amide bonds. The molecule has 2 atom stereocenters.